The molecular weight excluding hydrogens is 456 g/mol. The van der Waals surface area contributed by atoms with Crippen LogP contribution in [0.15, 0.2) is 36.5 Å². The summed E-state index contributed by atoms with van der Waals surface area (Å²) >= 11 is 4.38. The molecule has 2 aromatic rings. The fourth-order valence-electron chi connectivity index (χ4n) is 1.42. The number of rotatable bonds is 2. The van der Waals surface area contributed by atoms with E-state index in [9.17, 15) is 4.79 Å². The first-order chi connectivity index (χ1) is 8.50. The standard InChI is InChI=1S/C13H9I2NO2/c1-7(2)13(17)18-12-10(15)6-9(14)8-4-3-5-16-11(8)12/h3-6H,1H2,2H3. The van der Waals surface area contributed by atoms with E-state index in [1.807, 2.05) is 18.2 Å². The first-order valence-corrected chi connectivity index (χ1v) is 7.27. The van der Waals surface area contributed by atoms with Crippen LogP contribution in [0.5, 0.6) is 5.75 Å². The third kappa shape index (κ3) is 2.66. The van der Waals surface area contributed by atoms with E-state index in [4.69, 9.17) is 4.74 Å². The smallest absolute Gasteiger partial charge is 0.338 e. The van der Waals surface area contributed by atoms with Gasteiger partial charge in [0, 0.05) is 20.7 Å². The molecule has 0 aliphatic rings. The Morgan fingerprint density at radius 3 is 2.78 bits per heavy atom. The number of hydrogen-bond acceptors (Lipinski definition) is 3. The zero-order valence-electron chi connectivity index (χ0n) is 9.54. The molecule has 3 nitrogen and oxygen atoms in total. The maximum atomic E-state index is 11.6. The van der Waals surface area contributed by atoms with Gasteiger partial charge in [0.1, 0.15) is 5.52 Å². The molecule has 5 heteroatoms. The number of carbonyl (C=O) groups excluding carboxylic acids is 1. The van der Waals surface area contributed by atoms with Gasteiger partial charge in [-0.15, -0.1) is 0 Å². The average molecular weight is 465 g/mol. The summed E-state index contributed by atoms with van der Waals surface area (Å²) in [4.78, 5) is 15.9. The van der Waals surface area contributed by atoms with Crippen molar-refractivity contribution in [2.24, 2.45) is 0 Å². The molecule has 0 aliphatic heterocycles. The summed E-state index contributed by atoms with van der Waals surface area (Å²) < 4.78 is 7.30. The summed E-state index contributed by atoms with van der Waals surface area (Å²) in [5.74, 6) is 0.0701. The van der Waals surface area contributed by atoms with Crippen molar-refractivity contribution in [2.45, 2.75) is 6.92 Å². The van der Waals surface area contributed by atoms with Gasteiger partial charge in [0.05, 0.1) is 3.57 Å². The molecule has 0 saturated heterocycles. The molecular formula is C13H9I2NO2. The molecule has 0 unspecified atom stereocenters. The molecule has 0 N–H and O–H groups in total. The zero-order valence-corrected chi connectivity index (χ0v) is 13.9. The molecule has 0 saturated carbocycles. The molecule has 0 bridgehead atoms. The summed E-state index contributed by atoms with van der Waals surface area (Å²) in [6, 6.07) is 5.78. The van der Waals surface area contributed by atoms with Gasteiger partial charge in [-0.1, -0.05) is 12.6 Å². The van der Waals surface area contributed by atoms with Crippen LogP contribution in [0.2, 0.25) is 0 Å². The minimum atomic E-state index is -0.430. The Morgan fingerprint density at radius 1 is 1.39 bits per heavy atom. The Balaban J connectivity index is 2.63. The highest BCUT2D eigenvalue weighted by molar-refractivity contribution is 14.1. The Hall–Kier alpha value is -0.700. The summed E-state index contributed by atoms with van der Waals surface area (Å²) in [6.07, 6.45) is 1.69. The largest absolute Gasteiger partial charge is 0.420 e. The average Bonchev–Trinajstić information content (AvgIpc) is 2.34. The normalized spacial score (nSPS) is 10.4. The van der Waals surface area contributed by atoms with E-state index in [1.54, 1.807) is 13.1 Å². The number of fused-ring (bicyclic) bond motifs is 1. The summed E-state index contributed by atoms with van der Waals surface area (Å²) in [6.45, 7) is 5.20. The van der Waals surface area contributed by atoms with Gasteiger partial charge in [-0.2, -0.15) is 0 Å². The zero-order chi connectivity index (χ0) is 13.3. The van der Waals surface area contributed by atoms with E-state index in [1.165, 1.54) is 0 Å². The van der Waals surface area contributed by atoms with Crippen LogP contribution in [0.3, 0.4) is 0 Å². The summed E-state index contributed by atoms with van der Waals surface area (Å²) in [7, 11) is 0. The van der Waals surface area contributed by atoms with E-state index in [0.717, 1.165) is 12.5 Å². The number of nitrogens with zero attached hydrogens (tertiary/aromatic N) is 1. The lowest BCUT2D eigenvalue weighted by Gasteiger charge is -2.10. The third-order valence-electron chi connectivity index (χ3n) is 2.29. The number of benzene rings is 1. The van der Waals surface area contributed by atoms with Crippen LogP contribution in [-0.4, -0.2) is 11.0 Å². The second kappa shape index (κ2) is 5.52. The second-order valence-electron chi connectivity index (χ2n) is 3.74. The van der Waals surface area contributed by atoms with Gasteiger partial charge in [0.2, 0.25) is 0 Å². The monoisotopic (exact) mass is 465 g/mol. The van der Waals surface area contributed by atoms with Crippen molar-refractivity contribution < 1.29 is 9.53 Å². The number of ether oxygens (including phenoxy) is 1. The third-order valence-corrected chi connectivity index (χ3v) is 3.99. The van der Waals surface area contributed by atoms with Gasteiger partial charge in [-0.05, 0) is 64.2 Å². The molecule has 0 aliphatic carbocycles. The Labute approximate surface area is 132 Å². The van der Waals surface area contributed by atoms with E-state index in [-0.39, 0.29) is 0 Å². The highest BCUT2D eigenvalue weighted by Gasteiger charge is 2.15. The van der Waals surface area contributed by atoms with E-state index in [2.05, 4.69) is 56.7 Å². The van der Waals surface area contributed by atoms with Crippen molar-refractivity contribution >= 4 is 62.1 Å². The van der Waals surface area contributed by atoms with Crippen LogP contribution in [0.4, 0.5) is 0 Å². The van der Waals surface area contributed by atoms with Crippen molar-refractivity contribution in [3.05, 3.63) is 43.7 Å². The molecule has 0 atom stereocenters. The number of halogens is 2. The number of hydrogen-bond donors (Lipinski definition) is 0. The van der Waals surface area contributed by atoms with E-state index in [0.29, 0.717) is 16.8 Å². The van der Waals surface area contributed by atoms with Crippen LogP contribution in [0.1, 0.15) is 6.92 Å². The van der Waals surface area contributed by atoms with E-state index >= 15 is 0 Å². The highest BCUT2D eigenvalue weighted by Crippen LogP contribution is 2.33. The molecule has 1 aromatic heterocycles. The van der Waals surface area contributed by atoms with E-state index < -0.39 is 5.97 Å². The first kappa shape index (κ1) is 13.7. The van der Waals surface area contributed by atoms with Gasteiger partial charge in [-0.25, -0.2) is 4.79 Å². The maximum Gasteiger partial charge on any atom is 0.338 e. The summed E-state index contributed by atoms with van der Waals surface area (Å²) in [5, 5.41) is 0.975. The molecule has 1 aromatic carbocycles. The fraction of sp³-hybridized carbons (Fsp3) is 0.0769. The number of pyridine rings is 1. The molecule has 92 valence electrons. The summed E-state index contributed by atoms with van der Waals surface area (Å²) in [5.41, 5.74) is 1.07. The number of esters is 1. The predicted molar refractivity (Wildman–Crippen MR) is 87.6 cm³/mol. The van der Waals surface area contributed by atoms with Crippen molar-refractivity contribution in [3.63, 3.8) is 0 Å². The van der Waals surface area contributed by atoms with Gasteiger partial charge in [0.15, 0.2) is 5.75 Å². The molecule has 0 spiro atoms. The predicted octanol–water partition coefficient (Wildman–Crippen LogP) is 3.93. The Kier molecular flexibility index (Phi) is 4.21. The molecule has 18 heavy (non-hydrogen) atoms. The van der Waals surface area contributed by atoms with Crippen LogP contribution in [-0.2, 0) is 4.79 Å². The Bertz CT molecular complexity index is 653. The van der Waals surface area contributed by atoms with Gasteiger partial charge in [0.25, 0.3) is 0 Å². The maximum absolute atomic E-state index is 11.6. The number of carbonyl (C=O) groups is 1. The van der Waals surface area contributed by atoms with Crippen LogP contribution in [0, 0.1) is 7.14 Å². The quantitative estimate of drug-likeness (QED) is 0.292. The van der Waals surface area contributed by atoms with Gasteiger partial charge in [-0.3, -0.25) is 4.98 Å². The van der Waals surface area contributed by atoms with Crippen LogP contribution >= 0.6 is 45.2 Å². The Morgan fingerprint density at radius 2 is 2.11 bits per heavy atom. The molecule has 0 amide bonds. The minimum Gasteiger partial charge on any atom is -0.420 e. The molecule has 0 fully saturated rings. The SMILES string of the molecule is C=C(C)C(=O)Oc1c(I)cc(I)c2cccnc12. The van der Waals surface area contributed by atoms with Crippen LogP contribution < -0.4 is 4.74 Å². The molecule has 2 rings (SSSR count). The van der Waals surface area contributed by atoms with Crippen molar-refractivity contribution in [1.29, 1.82) is 0 Å². The van der Waals surface area contributed by atoms with Gasteiger partial charge >= 0.3 is 5.97 Å². The minimum absolute atomic E-state index is 0.369. The van der Waals surface area contributed by atoms with Gasteiger partial charge < -0.3 is 4.74 Å². The van der Waals surface area contributed by atoms with Crippen molar-refractivity contribution in [1.82, 2.24) is 4.98 Å². The number of aromatic nitrogens is 1. The molecule has 0 radical (unpaired) electrons. The lowest BCUT2D eigenvalue weighted by Crippen LogP contribution is -2.10. The first-order valence-electron chi connectivity index (χ1n) is 5.11. The van der Waals surface area contributed by atoms with Crippen molar-refractivity contribution in [3.8, 4) is 5.75 Å². The fourth-order valence-corrected chi connectivity index (χ4v) is 3.44. The van der Waals surface area contributed by atoms with Crippen LogP contribution in [0.25, 0.3) is 10.9 Å². The lowest BCUT2D eigenvalue weighted by molar-refractivity contribution is -0.130. The lowest BCUT2D eigenvalue weighted by atomic mass is 10.2. The molecule has 1 heterocycles. The topological polar surface area (TPSA) is 39.2 Å². The highest BCUT2D eigenvalue weighted by atomic mass is 127. The van der Waals surface area contributed by atoms with Crippen molar-refractivity contribution in [2.75, 3.05) is 0 Å². The second-order valence-corrected chi connectivity index (χ2v) is 6.06.